The van der Waals surface area contributed by atoms with Crippen LogP contribution in [-0.2, 0) is 0 Å². The Labute approximate surface area is 57.0 Å². The summed E-state index contributed by atoms with van der Waals surface area (Å²) in [6.45, 7) is 6.80. The summed E-state index contributed by atoms with van der Waals surface area (Å²) in [5.74, 6) is 0. The summed E-state index contributed by atoms with van der Waals surface area (Å²) in [5, 5.41) is 0. The first kappa shape index (κ1) is 7.03. The molecule has 0 saturated carbocycles. The average molecular weight is 128 g/mol. The number of hydrogen-bond acceptors (Lipinski definition) is 2. The first-order chi connectivity index (χ1) is 4.21. The Morgan fingerprint density at radius 3 is 2.78 bits per heavy atom. The lowest BCUT2D eigenvalue weighted by molar-refractivity contribution is 0.329. The molecule has 0 aliphatic carbocycles. The largest absolute Gasteiger partial charge is 0.258 e. The Bertz CT molecular complexity index is 78.9. The van der Waals surface area contributed by atoms with Crippen LogP contribution in [0, 0.1) is 5.41 Å². The zero-order chi connectivity index (χ0) is 6.74. The van der Waals surface area contributed by atoms with Gasteiger partial charge in [0.2, 0.25) is 0 Å². The molecule has 0 aromatic rings. The molecule has 1 aliphatic heterocycles. The average Bonchev–Trinajstić information content (AvgIpc) is 1.92. The molecule has 0 spiro atoms. The lowest BCUT2D eigenvalue weighted by Gasteiger charge is -2.20. The van der Waals surface area contributed by atoms with E-state index in [0.717, 1.165) is 13.1 Å². The van der Waals surface area contributed by atoms with Crippen molar-refractivity contribution in [1.82, 2.24) is 10.9 Å². The summed E-state index contributed by atoms with van der Waals surface area (Å²) in [6.07, 6.45) is 2.62. The van der Waals surface area contributed by atoms with Gasteiger partial charge in [-0.15, -0.1) is 0 Å². The van der Waals surface area contributed by atoms with Gasteiger partial charge in [0.1, 0.15) is 0 Å². The van der Waals surface area contributed by atoms with Crippen molar-refractivity contribution in [2.24, 2.45) is 5.41 Å². The van der Waals surface area contributed by atoms with Crippen LogP contribution >= 0.6 is 0 Å². The Balaban J connectivity index is 2.36. The molecule has 9 heavy (non-hydrogen) atoms. The molecule has 1 rings (SSSR count). The van der Waals surface area contributed by atoms with E-state index in [1.54, 1.807) is 0 Å². The Kier molecular flexibility index (Phi) is 2.09. The topological polar surface area (TPSA) is 24.1 Å². The summed E-state index contributed by atoms with van der Waals surface area (Å²) in [6, 6.07) is 0. The van der Waals surface area contributed by atoms with Crippen LogP contribution in [0.4, 0.5) is 0 Å². The van der Waals surface area contributed by atoms with Crippen molar-refractivity contribution in [2.75, 3.05) is 13.1 Å². The molecule has 0 unspecified atom stereocenters. The van der Waals surface area contributed by atoms with Crippen molar-refractivity contribution in [1.29, 1.82) is 0 Å². The normalized spacial score (nSPS) is 27.3. The first-order valence-electron chi connectivity index (χ1n) is 3.66. The van der Waals surface area contributed by atoms with E-state index in [2.05, 4.69) is 24.7 Å². The second-order valence-corrected chi connectivity index (χ2v) is 3.55. The van der Waals surface area contributed by atoms with Crippen LogP contribution in [0.2, 0.25) is 0 Å². The Morgan fingerprint density at radius 2 is 2.00 bits per heavy atom. The maximum Gasteiger partial charge on any atom is 0.0151 e. The molecule has 0 amide bonds. The summed E-state index contributed by atoms with van der Waals surface area (Å²) in [4.78, 5) is 0. The van der Waals surface area contributed by atoms with Gasteiger partial charge < -0.3 is 0 Å². The SMILES string of the molecule is CC1(C)CCCNNC1. The van der Waals surface area contributed by atoms with Crippen LogP contribution < -0.4 is 10.9 Å². The molecule has 1 aliphatic rings. The minimum atomic E-state index is 0.490. The van der Waals surface area contributed by atoms with Crippen LogP contribution in [0.15, 0.2) is 0 Å². The van der Waals surface area contributed by atoms with E-state index in [1.165, 1.54) is 12.8 Å². The van der Waals surface area contributed by atoms with Gasteiger partial charge in [0, 0.05) is 13.1 Å². The predicted molar refractivity (Wildman–Crippen MR) is 39.0 cm³/mol. The van der Waals surface area contributed by atoms with E-state index in [-0.39, 0.29) is 0 Å². The number of hydrogen-bond donors (Lipinski definition) is 2. The zero-order valence-corrected chi connectivity index (χ0v) is 6.33. The maximum atomic E-state index is 3.19. The monoisotopic (exact) mass is 128 g/mol. The fourth-order valence-corrected chi connectivity index (χ4v) is 1.13. The van der Waals surface area contributed by atoms with E-state index in [4.69, 9.17) is 0 Å². The number of rotatable bonds is 0. The predicted octanol–water partition coefficient (Wildman–Crippen LogP) is 0.901. The smallest absolute Gasteiger partial charge is 0.0151 e. The van der Waals surface area contributed by atoms with Gasteiger partial charge in [-0.3, -0.25) is 10.9 Å². The molecule has 54 valence electrons. The third-order valence-corrected chi connectivity index (χ3v) is 1.85. The number of nitrogens with one attached hydrogen (secondary N) is 2. The van der Waals surface area contributed by atoms with Crippen molar-refractivity contribution in [2.45, 2.75) is 26.7 Å². The third kappa shape index (κ3) is 2.33. The molecule has 0 bridgehead atoms. The van der Waals surface area contributed by atoms with Crippen molar-refractivity contribution in [3.63, 3.8) is 0 Å². The molecule has 2 N–H and O–H groups in total. The van der Waals surface area contributed by atoms with Gasteiger partial charge in [-0.25, -0.2) is 0 Å². The van der Waals surface area contributed by atoms with Gasteiger partial charge >= 0.3 is 0 Å². The highest BCUT2D eigenvalue weighted by Gasteiger charge is 2.18. The standard InChI is InChI=1S/C7H16N2/c1-7(2)4-3-5-8-9-6-7/h8-9H,3-6H2,1-2H3. The lowest BCUT2D eigenvalue weighted by atomic mass is 9.88. The van der Waals surface area contributed by atoms with Crippen LogP contribution in [0.3, 0.4) is 0 Å². The molecular weight excluding hydrogens is 112 g/mol. The molecule has 1 heterocycles. The van der Waals surface area contributed by atoms with Crippen molar-refractivity contribution < 1.29 is 0 Å². The zero-order valence-electron chi connectivity index (χ0n) is 6.33. The van der Waals surface area contributed by atoms with Crippen LogP contribution in [0.5, 0.6) is 0 Å². The van der Waals surface area contributed by atoms with E-state index < -0.39 is 0 Å². The first-order valence-corrected chi connectivity index (χ1v) is 3.66. The van der Waals surface area contributed by atoms with Gasteiger partial charge in [0.25, 0.3) is 0 Å². The summed E-state index contributed by atoms with van der Waals surface area (Å²) in [5.41, 5.74) is 6.83. The van der Waals surface area contributed by atoms with E-state index in [9.17, 15) is 0 Å². The molecule has 1 saturated heterocycles. The molecule has 0 atom stereocenters. The Morgan fingerprint density at radius 1 is 1.22 bits per heavy atom. The Hall–Kier alpha value is -0.0800. The molecule has 2 heteroatoms. The van der Waals surface area contributed by atoms with Crippen LogP contribution in [0.25, 0.3) is 0 Å². The van der Waals surface area contributed by atoms with E-state index in [0.29, 0.717) is 5.41 Å². The summed E-state index contributed by atoms with van der Waals surface area (Å²) >= 11 is 0. The highest BCUT2D eigenvalue weighted by molar-refractivity contribution is 4.73. The summed E-state index contributed by atoms with van der Waals surface area (Å²) < 4.78 is 0. The van der Waals surface area contributed by atoms with Gasteiger partial charge in [0.05, 0.1) is 0 Å². The fraction of sp³-hybridized carbons (Fsp3) is 1.00. The molecular formula is C7H16N2. The van der Waals surface area contributed by atoms with E-state index >= 15 is 0 Å². The fourth-order valence-electron chi connectivity index (χ4n) is 1.13. The van der Waals surface area contributed by atoms with Crippen LogP contribution in [0.1, 0.15) is 26.7 Å². The minimum absolute atomic E-state index is 0.490. The quantitative estimate of drug-likeness (QED) is 0.506. The van der Waals surface area contributed by atoms with Gasteiger partial charge in [-0.2, -0.15) is 0 Å². The highest BCUT2D eigenvalue weighted by Crippen LogP contribution is 2.21. The van der Waals surface area contributed by atoms with Crippen molar-refractivity contribution >= 4 is 0 Å². The van der Waals surface area contributed by atoms with Crippen molar-refractivity contribution in [3.8, 4) is 0 Å². The van der Waals surface area contributed by atoms with Crippen LogP contribution in [-0.4, -0.2) is 13.1 Å². The number of hydrazine groups is 1. The molecule has 2 nitrogen and oxygen atoms in total. The second kappa shape index (κ2) is 2.67. The molecule has 0 aromatic carbocycles. The maximum absolute atomic E-state index is 3.19. The van der Waals surface area contributed by atoms with Gasteiger partial charge in [-0.05, 0) is 18.3 Å². The van der Waals surface area contributed by atoms with E-state index in [1.807, 2.05) is 0 Å². The summed E-state index contributed by atoms with van der Waals surface area (Å²) in [7, 11) is 0. The second-order valence-electron chi connectivity index (χ2n) is 3.55. The molecule has 0 aromatic heterocycles. The van der Waals surface area contributed by atoms with Gasteiger partial charge in [0.15, 0.2) is 0 Å². The third-order valence-electron chi connectivity index (χ3n) is 1.85. The highest BCUT2D eigenvalue weighted by atomic mass is 15.4. The van der Waals surface area contributed by atoms with Gasteiger partial charge in [-0.1, -0.05) is 13.8 Å². The lowest BCUT2D eigenvalue weighted by Crippen LogP contribution is -2.35. The molecule has 1 fully saturated rings. The molecule has 0 radical (unpaired) electrons. The minimum Gasteiger partial charge on any atom is -0.258 e. The van der Waals surface area contributed by atoms with Crippen molar-refractivity contribution in [3.05, 3.63) is 0 Å².